The molecule has 0 aromatic carbocycles. The molecule has 2 saturated heterocycles. The predicted molar refractivity (Wildman–Crippen MR) is 52.1 cm³/mol. The first-order chi connectivity index (χ1) is 6.61. The van der Waals surface area contributed by atoms with E-state index in [-0.39, 0.29) is 24.4 Å². The number of ether oxygens (including phenoxy) is 2. The summed E-state index contributed by atoms with van der Waals surface area (Å²) < 4.78 is 10.0. The first-order valence-corrected chi connectivity index (χ1v) is 5.20. The molecule has 2 rings (SSSR count). The van der Waals surface area contributed by atoms with Crippen molar-refractivity contribution in [2.75, 3.05) is 13.2 Å². The van der Waals surface area contributed by atoms with E-state index in [4.69, 9.17) is 19.7 Å². The van der Waals surface area contributed by atoms with Crippen molar-refractivity contribution in [2.24, 2.45) is 0 Å². The summed E-state index contributed by atoms with van der Waals surface area (Å²) in [5.41, 5.74) is 0. The van der Waals surface area contributed by atoms with Crippen molar-refractivity contribution >= 4 is 0 Å². The summed E-state index contributed by atoms with van der Waals surface area (Å²) >= 11 is 0. The van der Waals surface area contributed by atoms with Crippen molar-refractivity contribution < 1.29 is 19.7 Å². The van der Waals surface area contributed by atoms with E-state index in [2.05, 4.69) is 0 Å². The van der Waals surface area contributed by atoms with Crippen molar-refractivity contribution in [3.05, 3.63) is 0 Å². The Balaban J connectivity index is 0.000000140. The van der Waals surface area contributed by atoms with Crippen LogP contribution in [0.2, 0.25) is 0 Å². The lowest BCUT2D eigenvalue weighted by atomic mass is 10.2. The molecule has 0 amide bonds. The van der Waals surface area contributed by atoms with E-state index in [0.29, 0.717) is 0 Å². The van der Waals surface area contributed by atoms with Gasteiger partial charge in [-0.1, -0.05) is 0 Å². The molecule has 0 unspecified atom stereocenters. The van der Waals surface area contributed by atoms with Crippen LogP contribution in [0, 0.1) is 0 Å². The summed E-state index contributed by atoms with van der Waals surface area (Å²) in [6.45, 7) is 5.22. The van der Waals surface area contributed by atoms with Gasteiger partial charge in [-0.05, 0) is 26.7 Å². The van der Waals surface area contributed by atoms with Crippen LogP contribution >= 0.6 is 0 Å². The molecule has 2 aliphatic heterocycles. The van der Waals surface area contributed by atoms with Crippen molar-refractivity contribution in [1.82, 2.24) is 0 Å². The Hall–Kier alpha value is -0.160. The number of hydrogen-bond acceptors (Lipinski definition) is 4. The normalized spacial score (nSPS) is 42.0. The SMILES string of the molecule is C[C@@H]1OCC[C@@H]1O.C[C@H]1OCC[C@H]1O. The van der Waals surface area contributed by atoms with E-state index in [1.165, 1.54) is 0 Å². The molecule has 0 aliphatic carbocycles. The van der Waals surface area contributed by atoms with Gasteiger partial charge in [-0.25, -0.2) is 0 Å². The van der Waals surface area contributed by atoms with Gasteiger partial charge in [-0.15, -0.1) is 0 Å². The Morgan fingerprint density at radius 1 is 0.857 bits per heavy atom. The molecule has 84 valence electrons. The predicted octanol–water partition coefficient (Wildman–Crippen LogP) is 0.312. The Kier molecular flexibility index (Phi) is 4.81. The van der Waals surface area contributed by atoms with E-state index in [1.54, 1.807) is 0 Å². The Bertz CT molecular complexity index is 128. The van der Waals surface area contributed by atoms with Crippen molar-refractivity contribution in [3.8, 4) is 0 Å². The van der Waals surface area contributed by atoms with Crippen molar-refractivity contribution in [2.45, 2.75) is 51.1 Å². The quantitative estimate of drug-likeness (QED) is 0.596. The summed E-state index contributed by atoms with van der Waals surface area (Å²) in [7, 11) is 0. The minimum Gasteiger partial charge on any atom is -0.390 e. The highest BCUT2D eigenvalue weighted by Gasteiger charge is 2.20. The van der Waals surface area contributed by atoms with E-state index < -0.39 is 0 Å². The van der Waals surface area contributed by atoms with E-state index in [9.17, 15) is 0 Å². The maximum atomic E-state index is 8.87. The summed E-state index contributed by atoms with van der Waals surface area (Å²) in [6, 6.07) is 0. The summed E-state index contributed by atoms with van der Waals surface area (Å²) in [5, 5.41) is 17.7. The summed E-state index contributed by atoms with van der Waals surface area (Å²) in [4.78, 5) is 0. The first-order valence-electron chi connectivity index (χ1n) is 5.20. The number of hydrogen-bond donors (Lipinski definition) is 2. The average Bonchev–Trinajstić information content (AvgIpc) is 2.67. The highest BCUT2D eigenvalue weighted by Crippen LogP contribution is 2.11. The van der Waals surface area contributed by atoms with Gasteiger partial charge in [-0.2, -0.15) is 0 Å². The van der Waals surface area contributed by atoms with E-state index in [0.717, 1.165) is 26.1 Å². The van der Waals surface area contributed by atoms with Crippen LogP contribution in [-0.2, 0) is 9.47 Å². The smallest absolute Gasteiger partial charge is 0.0821 e. The lowest BCUT2D eigenvalue weighted by Gasteiger charge is -2.03. The Morgan fingerprint density at radius 3 is 1.29 bits per heavy atom. The third kappa shape index (κ3) is 3.53. The fourth-order valence-corrected chi connectivity index (χ4v) is 1.44. The van der Waals surface area contributed by atoms with E-state index >= 15 is 0 Å². The lowest BCUT2D eigenvalue weighted by Crippen LogP contribution is -2.15. The molecule has 2 N–H and O–H groups in total. The highest BCUT2D eigenvalue weighted by atomic mass is 16.5. The van der Waals surface area contributed by atoms with Gasteiger partial charge in [0.15, 0.2) is 0 Å². The van der Waals surface area contributed by atoms with Crippen LogP contribution < -0.4 is 0 Å². The fourth-order valence-electron chi connectivity index (χ4n) is 1.44. The molecule has 4 nitrogen and oxygen atoms in total. The van der Waals surface area contributed by atoms with Gasteiger partial charge >= 0.3 is 0 Å². The first kappa shape index (κ1) is 11.9. The maximum Gasteiger partial charge on any atom is 0.0821 e. The van der Waals surface area contributed by atoms with Crippen LogP contribution in [0.25, 0.3) is 0 Å². The fraction of sp³-hybridized carbons (Fsp3) is 1.00. The highest BCUT2D eigenvalue weighted by molar-refractivity contribution is 4.69. The molecule has 2 aliphatic rings. The zero-order valence-electron chi connectivity index (χ0n) is 8.85. The average molecular weight is 204 g/mol. The van der Waals surface area contributed by atoms with Crippen LogP contribution in [0.1, 0.15) is 26.7 Å². The molecule has 4 heteroatoms. The van der Waals surface area contributed by atoms with Gasteiger partial charge in [0.2, 0.25) is 0 Å². The molecule has 2 fully saturated rings. The second-order valence-electron chi connectivity index (χ2n) is 3.86. The standard InChI is InChI=1S/2C5H10O2/c2*1-4-5(6)2-3-7-4/h2*4-6H,2-3H2,1H3/t2*4-,5-/m10/s1. The largest absolute Gasteiger partial charge is 0.390 e. The monoisotopic (exact) mass is 204 g/mol. The van der Waals surface area contributed by atoms with Crippen LogP contribution in [0.4, 0.5) is 0 Å². The summed E-state index contributed by atoms with van der Waals surface area (Å²) in [5.74, 6) is 0. The number of aliphatic hydroxyl groups is 2. The maximum absolute atomic E-state index is 8.87. The zero-order chi connectivity index (χ0) is 10.6. The van der Waals surface area contributed by atoms with Crippen LogP contribution in [0.5, 0.6) is 0 Å². The number of rotatable bonds is 0. The molecule has 14 heavy (non-hydrogen) atoms. The van der Waals surface area contributed by atoms with Crippen LogP contribution in [0.3, 0.4) is 0 Å². The molecular formula is C10H20O4. The molecule has 0 bridgehead atoms. The molecular weight excluding hydrogens is 184 g/mol. The minimum absolute atomic E-state index is 0.0694. The van der Waals surface area contributed by atoms with Gasteiger partial charge in [0.1, 0.15) is 0 Å². The Labute approximate surface area is 84.8 Å². The molecule has 0 aromatic rings. The molecule has 4 atom stereocenters. The van der Waals surface area contributed by atoms with Crippen molar-refractivity contribution in [3.63, 3.8) is 0 Å². The van der Waals surface area contributed by atoms with Gasteiger partial charge in [0.05, 0.1) is 24.4 Å². The zero-order valence-corrected chi connectivity index (χ0v) is 8.85. The molecule has 0 spiro atoms. The van der Waals surface area contributed by atoms with Gasteiger partial charge < -0.3 is 19.7 Å². The van der Waals surface area contributed by atoms with E-state index in [1.807, 2.05) is 13.8 Å². The molecule has 0 radical (unpaired) electrons. The van der Waals surface area contributed by atoms with Gasteiger partial charge in [-0.3, -0.25) is 0 Å². The van der Waals surface area contributed by atoms with Gasteiger partial charge in [0.25, 0.3) is 0 Å². The van der Waals surface area contributed by atoms with Crippen LogP contribution in [0.15, 0.2) is 0 Å². The minimum atomic E-state index is -0.208. The molecule has 2 heterocycles. The second-order valence-corrected chi connectivity index (χ2v) is 3.86. The lowest BCUT2D eigenvalue weighted by molar-refractivity contribution is 0.0556. The topological polar surface area (TPSA) is 58.9 Å². The van der Waals surface area contributed by atoms with Crippen molar-refractivity contribution in [1.29, 1.82) is 0 Å². The summed E-state index contributed by atoms with van der Waals surface area (Å²) in [6.07, 6.45) is 1.34. The third-order valence-electron chi connectivity index (χ3n) is 2.67. The third-order valence-corrected chi connectivity index (χ3v) is 2.67. The van der Waals surface area contributed by atoms with Gasteiger partial charge in [0, 0.05) is 13.2 Å². The molecule has 0 saturated carbocycles. The molecule has 0 aromatic heterocycles. The Morgan fingerprint density at radius 2 is 1.21 bits per heavy atom. The second kappa shape index (κ2) is 5.66. The number of aliphatic hydroxyl groups excluding tert-OH is 2. The van der Waals surface area contributed by atoms with Crippen LogP contribution in [-0.4, -0.2) is 47.8 Å².